The van der Waals surface area contributed by atoms with Gasteiger partial charge in [-0.1, -0.05) is 36.4 Å². The van der Waals surface area contributed by atoms with Crippen LogP contribution in [0.1, 0.15) is 51.8 Å². The van der Waals surface area contributed by atoms with E-state index < -0.39 is 90.4 Å². The Morgan fingerprint density at radius 1 is 0.312 bits per heavy atom. The van der Waals surface area contributed by atoms with Gasteiger partial charge in [0, 0.05) is 16.7 Å². The summed E-state index contributed by atoms with van der Waals surface area (Å²) in [5.41, 5.74) is -20.0. The quantitative estimate of drug-likeness (QED) is 0.0402. The first-order chi connectivity index (χ1) is 35.1. The summed E-state index contributed by atoms with van der Waals surface area (Å²) in [5.74, 6) is -0.574. The number of alkyl halides is 9. The van der Waals surface area contributed by atoms with Crippen LogP contribution in [0.5, 0.6) is 0 Å². The zero-order valence-corrected chi connectivity index (χ0v) is 44.5. The van der Waals surface area contributed by atoms with Crippen molar-refractivity contribution in [3.63, 3.8) is 0 Å². The third-order valence-corrected chi connectivity index (χ3v) is 25.1. The number of rotatable bonds is 15. The Bertz CT molecular complexity index is 3530. The van der Waals surface area contributed by atoms with Crippen molar-refractivity contribution in [2.45, 2.75) is 81.4 Å². The first kappa shape index (κ1) is 61.6. The van der Waals surface area contributed by atoms with Crippen LogP contribution in [0.15, 0.2) is 190 Å². The number of hydrogen-bond donors (Lipinski definition) is 0. The lowest BCUT2D eigenvalue weighted by atomic mass is 10.2. The van der Waals surface area contributed by atoms with Gasteiger partial charge in [0.1, 0.15) is 0 Å². The highest BCUT2D eigenvalue weighted by Gasteiger charge is 2.63. The zero-order chi connectivity index (χ0) is 58.3. The number of carbonyl (C=O) groups is 3. The summed E-state index contributed by atoms with van der Waals surface area (Å²) in [6, 6.07) is 35.8. The maximum Gasteiger partial charge on any atom is 0.470 e. The Morgan fingerprint density at radius 3 is 0.610 bits per heavy atom. The summed E-state index contributed by atoms with van der Waals surface area (Å²) in [7, 11) is -36.9. The SMILES string of the molecule is CC(=O)c1ccc(S(=O)(=O)c2ccc([S+](c3ccc(S(=O)(=O)c4ccc(C(C)=O)cc4)cc3)c3ccc(S(=O)(=O)c4ccc(C(C)=O)cc4)cc3)cc2)cc1.O=S(=O)([C-](S(=O)(=O)C(F)(F)F)S(=O)(=O)C(F)(F)F)C(F)(F)F. The highest BCUT2D eigenvalue weighted by atomic mass is 32.3. The van der Waals surface area contributed by atoms with Gasteiger partial charge < -0.3 is 0 Å². The van der Waals surface area contributed by atoms with Crippen LogP contribution in [0.25, 0.3) is 0 Å². The maximum absolute atomic E-state index is 13.5. The Kier molecular flexibility index (Phi) is 17.5. The smallest absolute Gasteiger partial charge is 0.295 e. The van der Waals surface area contributed by atoms with Crippen molar-refractivity contribution in [1.82, 2.24) is 0 Å². The summed E-state index contributed by atoms with van der Waals surface area (Å²) < 4.78 is 248. The minimum absolute atomic E-state index is 0.0183. The van der Waals surface area contributed by atoms with E-state index in [4.69, 9.17) is 0 Å². The average molecular weight is 1220 g/mol. The summed E-state index contributed by atoms with van der Waals surface area (Å²) in [6.45, 7) is 4.17. The fourth-order valence-electron chi connectivity index (χ4n) is 6.40. The lowest BCUT2D eigenvalue weighted by Crippen LogP contribution is -2.47. The van der Waals surface area contributed by atoms with Crippen LogP contribution in [0.2, 0.25) is 0 Å². The molecule has 0 aromatic heterocycles. The van der Waals surface area contributed by atoms with Crippen LogP contribution >= 0.6 is 0 Å². The first-order valence-electron chi connectivity index (χ1n) is 20.6. The molecule has 0 saturated heterocycles. The maximum atomic E-state index is 13.5. The largest absolute Gasteiger partial charge is 0.470 e. The normalized spacial score (nSPS) is 13.2. The number of halogens is 9. The number of benzene rings is 6. The molecule has 31 heteroatoms. The molecule has 0 N–H and O–H groups in total. The Morgan fingerprint density at radius 2 is 0.468 bits per heavy atom. The molecule has 0 atom stereocenters. The average Bonchev–Trinajstić information content (AvgIpc) is 3.33. The topological polar surface area (TPSA) is 256 Å². The molecule has 0 fully saturated rings. The number of carbonyl (C=O) groups excluding carboxylic acids is 3. The van der Waals surface area contributed by atoms with Crippen molar-refractivity contribution >= 4 is 87.3 Å². The molecule has 0 bridgehead atoms. The molecule has 6 aromatic carbocycles. The Labute approximate surface area is 436 Å². The van der Waals surface area contributed by atoms with E-state index in [1.54, 1.807) is 36.4 Å². The van der Waals surface area contributed by atoms with E-state index >= 15 is 0 Å². The standard InChI is InChI=1S/C42H33O9S4.C4F9O6S3/c1-28(43)31-4-16-37(17-5-31)53(46,47)40-22-10-34(11-23-40)52(35-12-24-41(25-13-35)54(48,49)38-18-6-32(7-19-38)29(2)44)36-14-26-42(27-15-36)55(50,51)39-20-8-33(9-21-39)30(3)45;5-2(6,7)20(14,15)1(21(16,17)3(8,9)10)22(18,19)4(11,12)13/h4-27H,1-3H3;/q+1;-1. The van der Waals surface area contributed by atoms with E-state index in [1.807, 2.05) is 0 Å². The molecule has 6 rings (SSSR count). The van der Waals surface area contributed by atoms with Gasteiger partial charge in [0.25, 0.3) is 0 Å². The van der Waals surface area contributed by atoms with Gasteiger partial charge >= 0.3 is 16.5 Å². The van der Waals surface area contributed by atoms with Gasteiger partial charge in [-0.15, -0.1) is 0 Å². The molecule has 0 aliphatic heterocycles. The summed E-state index contributed by atoms with van der Waals surface area (Å²) in [6.07, 6.45) is 0. The van der Waals surface area contributed by atoms with Crippen molar-refractivity contribution < 1.29 is 104 Å². The third kappa shape index (κ3) is 12.7. The van der Waals surface area contributed by atoms with Gasteiger partial charge in [0.15, 0.2) is 61.5 Å². The van der Waals surface area contributed by atoms with E-state index in [0.717, 1.165) is 0 Å². The third-order valence-electron chi connectivity index (χ3n) is 10.4. The second kappa shape index (κ2) is 21.9. The molecule has 0 spiro atoms. The van der Waals surface area contributed by atoms with Crippen molar-refractivity contribution in [2.24, 2.45) is 0 Å². The lowest BCUT2D eigenvalue weighted by Gasteiger charge is -2.31. The fraction of sp³-hybridized carbons (Fsp3) is 0.130. The van der Waals surface area contributed by atoms with Crippen LogP contribution in [-0.4, -0.2) is 84.4 Å². The zero-order valence-electron chi connectivity index (χ0n) is 38.7. The van der Waals surface area contributed by atoms with Gasteiger partial charge in [-0.25, -0.2) is 25.3 Å². The van der Waals surface area contributed by atoms with E-state index in [1.165, 1.54) is 130 Å². The van der Waals surface area contributed by atoms with Crippen molar-refractivity contribution in [1.29, 1.82) is 0 Å². The van der Waals surface area contributed by atoms with Crippen LogP contribution < -0.4 is 0 Å². The molecule has 0 unspecified atom stereocenters. The molecule has 0 heterocycles. The number of hydrogen-bond acceptors (Lipinski definition) is 15. The molecule has 0 saturated carbocycles. The fourth-order valence-corrected chi connectivity index (χ4v) is 18.0. The van der Waals surface area contributed by atoms with Crippen molar-refractivity contribution in [3.8, 4) is 0 Å². The predicted molar refractivity (Wildman–Crippen MR) is 255 cm³/mol. The molecule has 0 aliphatic carbocycles. The second-order valence-electron chi connectivity index (χ2n) is 15.6. The van der Waals surface area contributed by atoms with Crippen LogP contribution in [-0.2, 0) is 69.9 Å². The molecular weight excluding hydrogens is 1190 g/mol. The molecule has 15 nitrogen and oxygen atoms in total. The van der Waals surface area contributed by atoms with Gasteiger partial charge in [-0.05, 0) is 130 Å². The van der Waals surface area contributed by atoms with E-state index in [9.17, 15) is 104 Å². The Hall–Kier alpha value is -6.25. The molecule has 0 radical (unpaired) electrons. The Balaban J connectivity index is 0.000000420. The predicted octanol–water partition coefficient (Wildman–Crippen LogP) is 9.13. The van der Waals surface area contributed by atoms with Crippen LogP contribution in [0.3, 0.4) is 0 Å². The molecular formula is C46H33F9O15S7. The molecule has 77 heavy (non-hydrogen) atoms. The highest BCUT2D eigenvalue weighted by Crippen LogP contribution is 2.48. The summed E-state index contributed by atoms with van der Waals surface area (Å²) in [5, 5.41) is 0. The van der Waals surface area contributed by atoms with E-state index in [-0.39, 0.29) is 46.7 Å². The minimum Gasteiger partial charge on any atom is -0.295 e. The molecule has 412 valence electrons. The van der Waals surface area contributed by atoms with Crippen molar-refractivity contribution in [3.05, 3.63) is 166 Å². The lowest BCUT2D eigenvalue weighted by molar-refractivity contribution is -0.0471. The second-order valence-corrected chi connectivity index (χ2v) is 29.9. The summed E-state index contributed by atoms with van der Waals surface area (Å²) >= 11 is 0. The van der Waals surface area contributed by atoms with Gasteiger partial charge in [0.2, 0.25) is 29.5 Å². The highest BCUT2D eigenvalue weighted by molar-refractivity contribution is 8.29. The van der Waals surface area contributed by atoms with Gasteiger partial charge in [-0.3, -0.25) is 39.6 Å². The van der Waals surface area contributed by atoms with Crippen LogP contribution in [0.4, 0.5) is 39.5 Å². The first-order valence-corrected chi connectivity index (χ1v) is 30.7. The van der Waals surface area contributed by atoms with Crippen molar-refractivity contribution in [2.75, 3.05) is 0 Å². The van der Waals surface area contributed by atoms with Gasteiger partial charge in [0.05, 0.1) is 44.2 Å². The summed E-state index contributed by atoms with van der Waals surface area (Å²) in [4.78, 5) is 37.2. The molecule has 0 aliphatic rings. The van der Waals surface area contributed by atoms with E-state index in [2.05, 4.69) is 0 Å². The molecule has 0 amide bonds. The minimum atomic E-state index is -8.02. The van der Waals surface area contributed by atoms with Gasteiger partial charge in [-0.2, -0.15) is 39.5 Å². The number of Topliss-reactive ketones (excluding diaryl/α,β-unsaturated/α-hetero) is 3. The monoisotopic (exact) mass is 1220 g/mol. The number of ketones is 3. The van der Waals surface area contributed by atoms with Crippen LogP contribution in [0, 0.1) is 3.91 Å². The van der Waals surface area contributed by atoms with E-state index in [0.29, 0.717) is 31.4 Å². The number of sulfone groups is 6. The molecule has 6 aromatic rings.